The van der Waals surface area contributed by atoms with Gasteiger partial charge in [-0.15, -0.1) is 0 Å². The van der Waals surface area contributed by atoms with Gasteiger partial charge in [-0.05, 0) is 25.7 Å². The van der Waals surface area contributed by atoms with Gasteiger partial charge in [-0.1, -0.05) is 0 Å². The first-order valence-corrected chi connectivity index (χ1v) is 7.38. The number of hydrogen-bond donors (Lipinski definition) is 3. The van der Waals surface area contributed by atoms with Crippen molar-refractivity contribution in [1.29, 1.82) is 0 Å². The highest BCUT2D eigenvalue weighted by Crippen LogP contribution is 2.22. The Balaban J connectivity index is 2.56. The molecule has 0 aromatic heterocycles. The minimum absolute atomic E-state index is 0.223. The van der Waals surface area contributed by atoms with Crippen molar-refractivity contribution in [2.45, 2.75) is 44.2 Å². The molecule has 0 aromatic rings. The van der Waals surface area contributed by atoms with Gasteiger partial charge in [-0.3, -0.25) is 19.2 Å². The Morgan fingerprint density at radius 2 is 1.83 bits per heavy atom. The van der Waals surface area contributed by atoms with Crippen molar-refractivity contribution in [2.75, 3.05) is 13.7 Å². The third-order valence-corrected chi connectivity index (χ3v) is 3.57. The number of nitrogens with one attached hydrogen (secondary N) is 1. The highest BCUT2D eigenvalue weighted by Gasteiger charge is 2.33. The molecule has 130 valence electrons. The number of carboxylic acids is 1. The Morgan fingerprint density at radius 3 is 2.35 bits per heavy atom. The summed E-state index contributed by atoms with van der Waals surface area (Å²) in [6, 6.07) is -1.27. The minimum Gasteiger partial charge on any atom is -0.481 e. The zero-order valence-electron chi connectivity index (χ0n) is 12.9. The van der Waals surface area contributed by atoms with E-state index < -0.39 is 42.2 Å². The van der Waals surface area contributed by atoms with Crippen LogP contribution in [0.4, 0.5) is 0 Å². The molecule has 1 aliphatic rings. The van der Waals surface area contributed by atoms with Crippen molar-refractivity contribution in [3.8, 4) is 0 Å². The van der Waals surface area contributed by atoms with Gasteiger partial charge in [-0.25, -0.2) is 0 Å². The summed E-state index contributed by atoms with van der Waals surface area (Å²) in [7, 11) is 1.12. The molecular weight excluding hydrogens is 308 g/mol. The van der Waals surface area contributed by atoms with E-state index in [1.54, 1.807) is 0 Å². The molecular formula is C14H22N2O7. The number of esters is 2. The molecule has 0 bridgehead atoms. The van der Waals surface area contributed by atoms with Gasteiger partial charge >= 0.3 is 17.9 Å². The van der Waals surface area contributed by atoms with Gasteiger partial charge < -0.3 is 25.6 Å². The fraction of sp³-hybridized carbons (Fsp3) is 0.714. The topological polar surface area (TPSA) is 145 Å². The van der Waals surface area contributed by atoms with Crippen LogP contribution >= 0.6 is 0 Å². The SMILES string of the molecule is COC(=O)C(CNC(=O)[C@H](N)CC(=O)O)C(=O)OC1CCCC1. The second-order valence-corrected chi connectivity index (χ2v) is 5.37. The summed E-state index contributed by atoms with van der Waals surface area (Å²) in [5.74, 6) is -4.90. The van der Waals surface area contributed by atoms with Crippen LogP contribution in [-0.4, -0.2) is 54.7 Å². The van der Waals surface area contributed by atoms with Crippen LogP contribution in [0.5, 0.6) is 0 Å². The summed E-state index contributed by atoms with van der Waals surface area (Å²) in [6.07, 6.45) is 2.63. The van der Waals surface area contributed by atoms with Crippen molar-refractivity contribution in [3.63, 3.8) is 0 Å². The molecule has 2 atom stereocenters. The zero-order valence-corrected chi connectivity index (χ0v) is 12.9. The molecule has 0 aromatic carbocycles. The summed E-state index contributed by atoms with van der Waals surface area (Å²) >= 11 is 0. The van der Waals surface area contributed by atoms with Crippen LogP contribution in [0.25, 0.3) is 0 Å². The van der Waals surface area contributed by atoms with Crippen LogP contribution in [0, 0.1) is 5.92 Å². The van der Waals surface area contributed by atoms with E-state index in [4.69, 9.17) is 15.6 Å². The van der Waals surface area contributed by atoms with Gasteiger partial charge in [0.1, 0.15) is 6.10 Å². The second kappa shape index (κ2) is 9.09. The van der Waals surface area contributed by atoms with Gasteiger partial charge in [-0.2, -0.15) is 0 Å². The predicted molar refractivity (Wildman–Crippen MR) is 77.1 cm³/mol. The molecule has 1 saturated carbocycles. The standard InChI is InChI=1S/C14H22N2O7/c1-22-13(20)9(14(21)23-8-4-2-3-5-8)7-16-12(19)10(15)6-11(17)18/h8-10H,2-7,15H2,1H3,(H,16,19)(H,17,18)/t9?,10-/m1/s1. The van der Waals surface area contributed by atoms with Crippen molar-refractivity contribution in [1.82, 2.24) is 5.32 Å². The highest BCUT2D eigenvalue weighted by molar-refractivity contribution is 5.96. The first kappa shape index (κ1) is 18.9. The van der Waals surface area contributed by atoms with Gasteiger partial charge in [0.25, 0.3) is 0 Å². The van der Waals surface area contributed by atoms with Gasteiger partial charge in [0.15, 0.2) is 5.92 Å². The van der Waals surface area contributed by atoms with Crippen molar-refractivity contribution < 1.29 is 33.8 Å². The molecule has 0 heterocycles. The number of nitrogens with two attached hydrogens (primary N) is 1. The third kappa shape index (κ3) is 6.23. The van der Waals surface area contributed by atoms with E-state index in [2.05, 4.69) is 10.1 Å². The maximum absolute atomic E-state index is 12.1. The van der Waals surface area contributed by atoms with E-state index in [1.807, 2.05) is 0 Å². The lowest BCUT2D eigenvalue weighted by atomic mass is 10.1. The lowest BCUT2D eigenvalue weighted by molar-refractivity contribution is -0.163. The Kier molecular flexibility index (Phi) is 7.46. The molecule has 1 unspecified atom stereocenters. The first-order valence-electron chi connectivity index (χ1n) is 7.38. The molecule has 1 amide bonds. The van der Waals surface area contributed by atoms with Crippen molar-refractivity contribution in [2.24, 2.45) is 11.7 Å². The van der Waals surface area contributed by atoms with Crippen molar-refractivity contribution >= 4 is 23.8 Å². The molecule has 1 fully saturated rings. The highest BCUT2D eigenvalue weighted by atomic mass is 16.6. The number of carbonyl (C=O) groups is 4. The van der Waals surface area contributed by atoms with E-state index in [-0.39, 0.29) is 12.6 Å². The number of carboxylic acid groups (broad SMARTS) is 1. The van der Waals surface area contributed by atoms with Gasteiger partial charge in [0.05, 0.1) is 19.6 Å². The molecule has 23 heavy (non-hydrogen) atoms. The summed E-state index contributed by atoms with van der Waals surface area (Å²) < 4.78 is 9.78. The van der Waals surface area contributed by atoms with Crippen LogP contribution in [0.1, 0.15) is 32.1 Å². The van der Waals surface area contributed by atoms with Crippen LogP contribution in [-0.2, 0) is 28.7 Å². The molecule has 4 N–H and O–H groups in total. The maximum atomic E-state index is 12.1. The van der Waals surface area contributed by atoms with E-state index in [1.165, 1.54) is 0 Å². The fourth-order valence-electron chi connectivity index (χ4n) is 2.27. The van der Waals surface area contributed by atoms with E-state index in [0.717, 1.165) is 32.8 Å². The summed E-state index contributed by atoms with van der Waals surface area (Å²) in [6.45, 7) is -0.357. The number of amides is 1. The van der Waals surface area contributed by atoms with Crippen molar-refractivity contribution in [3.05, 3.63) is 0 Å². The number of aliphatic carboxylic acids is 1. The molecule has 1 aliphatic carbocycles. The largest absolute Gasteiger partial charge is 0.481 e. The third-order valence-electron chi connectivity index (χ3n) is 3.57. The number of hydrogen-bond acceptors (Lipinski definition) is 7. The molecule has 9 heteroatoms. The molecule has 0 saturated heterocycles. The summed E-state index contributed by atoms with van der Waals surface area (Å²) in [5.41, 5.74) is 5.40. The van der Waals surface area contributed by atoms with E-state index in [0.29, 0.717) is 0 Å². The minimum atomic E-state index is -1.30. The number of ether oxygens (including phenoxy) is 2. The molecule has 0 aliphatic heterocycles. The van der Waals surface area contributed by atoms with Gasteiger partial charge in [0, 0.05) is 6.54 Å². The van der Waals surface area contributed by atoms with E-state index >= 15 is 0 Å². The molecule has 1 rings (SSSR count). The fourth-order valence-corrected chi connectivity index (χ4v) is 2.27. The lowest BCUT2D eigenvalue weighted by Crippen LogP contribution is -2.46. The Labute approximate surface area is 133 Å². The Bertz CT molecular complexity index is 460. The van der Waals surface area contributed by atoms with Crippen LogP contribution in [0.2, 0.25) is 0 Å². The Hall–Kier alpha value is -2.16. The normalized spacial score (nSPS) is 17.1. The lowest BCUT2D eigenvalue weighted by Gasteiger charge is -2.18. The number of rotatable bonds is 8. The summed E-state index contributed by atoms with van der Waals surface area (Å²) in [5, 5.41) is 10.9. The second-order valence-electron chi connectivity index (χ2n) is 5.37. The van der Waals surface area contributed by atoms with E-state index in [9.17, 15) is 19.2 Å². The monoisotopic (exact) mass is 330 g/mol. The quantitative estimate of drug-likeness (QED) is 0.386. The van der Waals surface area contributed by atoms with Crippen LogP contribution < -0.4 is 11.1 Å². The number of carbonyl (C=O) groups excluding carboxylic acids is 3. The predicted octanol–water partition coefficient (Wildman–Crippen LogP) is -0.820. The van der Waals surface area contributed by atoms with Gasteiger partial charge in [0.2, 0.25) is 5.91 Å². The molecule has 0 spiro atoms. The number of methoxy groups -OCH3 is 1. The smallest absolute Gasteiger partial charge is 0.322 e. The summed E-state index contributed by atoms with van der Waals surface area (Å²) in [4.78, 5) is 45.9. The van der Waals surface area contributed by atoms with Crippen LogP contribution in [0.15, 0.2) is 0 Å². The molecule has 0 radical (unpaired) electrons. The Morgan fingerprint density at radius 1 is 1.22 bits per heavy atom. The molecule has 9 nitrogen and oxygen atoms in total. The van der Waals surface area contributed by atoms with Crippen LogP contribution in [0.3, 0.4) is 0 Å². The zero-order chi connectivity index (χ0) is 17.4. The maximum Gasteiger partial charge on any atom is 0.322 e. The average molecular weight is 330 g/mol. The first-order chi connectivity index (χ1) is 10.8. The average Bonchev–Trinajstić information content (AvgIpc) is 2.98.